The van der Waals surface area contributed by atoms with Crippen LogP contribution in [0.1, 0.15) is 12.5 Å². The predicted molar refractivity (Wildman–Crippen MR) is 66.1 cm³/mol. The summed E-state index contributed by atoms with van der Waals surface area (Å²) in [5.41, 5.74) is 2.05. The Labute approximate surface area is 97.9 Å². The molecule has 3 nitrogen and oxygen atoms in total. The molecule has 0 heterocycles. The van der Waals surface area contributed by atoms with Crippen molar-refractivity contribution in [3.8, 4) is 11.5 Å². The van der Waals surface area contributed by atoms with Crippen molar-refractivity contribution in [1.82, 2.24) is 0 Å². The minimum atomic E-state index is 0.555. The minimum Gasteiger partial charge on any atom is -0.497 e. The second-order valence-electron chi connectivity index (χ2n) is 3.46. The lowest BCUT2D eigenvalue weighted by atomic mass is 9.67. The first-order chi connectivity index (χ1) is 7.76. The Hall–Kier alpha value is -1.16. The molecule has 1 aromatic rings. The van der Waals surface area contributed by atoms with Crippen molar-refractivity contribution in [2.45, 2.75) is 19.9 Å². The molecule has 0 aromatic heterocycles. The number of benzene rings is 1. The normalized spacial score (nSPS) is 10.0. The highest BCUT2D eigenvalue weighted by Crippen LogP contribution is 2.20. The van der Waals surface area contributed by atoms with Crippen LogP contribution >= 0.6 is 0 Å². The molecule has 87 valence electrons. The zero-order chi connectivity index (χ0) is 12.0. The van der Waals surface area contributed by atoms with Gasteiger partial charge in [0, 0.05) is 7.11 Å². The number of methoxy groups -OCH3 is 3. The van der Waals surface area contributed by atoms with Crippen molar-refractivity contribution in [2.24, 2.45) is 0 Å². The second-order valence-corrected chi connectivity index (χ2v) is 3.46. The summed E-state index contributed by atoms with van der Waals surface area (Å²) in [6.07, 6.45) is 0.941. The molecule has 4 heteroatoms. The van der Waals surface area contributed by atoms with Gasteiger partial charge in [-0.05, 0) is 23.2 Å². The van der Waals surface area contributed by atoms with Crippen molar-refractivity contribution in [2.75, 3.05) is 21.3 Å². The van der Waals surface area contributed by atoms with Gasteiger partial charge in [0.15, 0.2) is 7.28 Å². The Morgan fingerprint density at radius 3 is 2.00 bits per heavy atom. The molecule has 0 aliphatic rings. The van der Waals surface area contributed by atoms with Gasteiger partial charge < -0.3 is 14.2 Å². The molecule has 0 N–H and O–H groups in total. The maximum absolute atomic E-state index is 5.36. The van der Waals surface area contributed by atoms with E-state index in [0.29, 0.717) is 6.61 Å². The smallest absolute Gasteiger partial charge is 0.161 e. The average Bonchev–Trinajstić information content (AvgIpc) is 2.31. The molecule has 0 aliphatic heterocycles. The predicted octanol–water partition coefficient (Wildman–Crippen LogP) is 1.62. The molecule has 0 fully saturated rings. The zero-order valence-corrected chi connectivity index (χ0v) is 10.4. The van der Waals surface area contributed by atoms with Crippen LogP contribution in [0.4, 0.5) is 0 Å². The third-order valence-corrected chi connectivity index (χ3v) is 2.32. The first-order valence-corrected chi connectivity index (χ1v) is 5.33. The van der Waals surface area contributed by atoms with Crippen molar-refractivity contribution in [3.05, 3.63) is 17.7 Å². The van der Waals surface area contributed by atoms with Crippen LogP contribution in [0.25, 0.3) is 0 Å². The van der Waals surface area contributed by atoms with E-state index in [0.717, 1.165) is 28.8 Å². The fraction of sp³-hybridized carbons (Fsp3) is 0.500. The summed E-state index contributed by atoms with van der Waals surface area (Å²) in [5.74, 6) is 1.65. The van der Waals surface area contributed by atoms with Gasteiger partial charge in [-0.1, -0.05) is 13.2 Å². The van der Waals surface area contributed by atoms with E-state index in [4.69, 9.17) is 14.2 Å². The van der Waals surface area contributed by atoms with Gasteiger partial charge in [0.1, 0.15) is 11.5 Å². The summed E-state index contributed by atoms with van der Waals surface area (Å²) >= 11 is 0. The third kappa shape index (κ3) is 2.92. The van der Waals surface area contributed by atoms with E-state index in [-0.39, 0.29) is 0 Å². The lowest BCUT2D eigenvalue weighted by molar-refractivity contribution is 0.184. The molecule has 16 heavy (non-hydrogen) atoms. The van der Waals surface area contributed by atoms with Crippen LogP contribution in [-0.4, -0.2) is 28.6 Å². The maximum atomic E-state index is 5.36. The highest BCUT2D eigenvalue weighted by Gasteiger charge is 2.12. The number of hydrogen-bond acceptors (Lipinski definition) is 3. The summed E-state index contributed by atoms with van der Waals surface area (Å²) in [7, 11) is 7.09. The SMILES string of the molecule is CC[B]c1c(OC)cc(COC)cc1OC. The minimum absolute atomic E-state index is 0.555. The largest absolute Gasteiger partial charge is 0.497 e. The molecular weight excluding hydrogens is 203 g/mol. The Kier molecular flexibility index (Phi) is 5.19. The first-order valence-electron chi connectivity index (χ1n) is 5.33. The zero-order valence-electron chi connectivity index (χ0n) is 10.4. The van der Waals surface area contributed by atoms with E-state index in [1.807, 2.05) is 12.1 Å². The quantitative estimate of drug-likeness (QED) is 0.683. The van der Waals surface area contributed by atoms with Gasteiger partial charge >= 0.3 is 0 Å². The van der Waals surface area contributed by atoms with Gasteiger partial charge in [0.25, 0.3) is 0 Å². The third-order valence-electron chi connectivity index (χ3n) is 2.32. The van der Waals surface area contributed by atoms with Crippen molar-refractivity contribution < 1.29 is 14.2 Å². The van der Waals surface area contributed by atoms with Crippen LogP contribution in [0.2, 0.25) is 6.32 Å². The topological polar surface area (TPSA) is 27.7 Å². The average molecular weight is 221 g/mol. The number of ether oxygens (including phenoxy) is 3. The summed E-state index contributed by atoms with van der Waals surface area (Å²) < 4.78 is 15.8. The molecule has 0 aliphatic carbocycles. The summed E-state index contributed by atoms with van der Waals surface area (Å²) in [6, 6.07) is 3.96. The molecule has 1 radical (unpaired) electrons. The standard InChI is InChI=1S/C12H18BO3/c1-5-13-12-10(15-3)6-9(8-14-2)7-11(12)16-4/h6-7H,5,8H2,1-4H3. The van der Waals surface area contributed by atoms with E-state index in [2.05, 4.69) is 14.2 Å². The molecule has 0 atom stereocenters. The number of hydrogen-bond donors (Lipinski definition) is 0. The van der Waals surface area contributed by atoms with Gasteiger partial charge in [0.05, 0.1) is 20.8 Å². The lowest BCUT2D eigenvalue weighted by Crippen LogP contribution is -2.19. The van der Waals surface area contributed by atoms with Gasteiger partial charge in [-0.3, -0.25) is 0 Å². The van der Waals surface area contributed by atoms with Gasteiger partial charge in [-0.2, -0.15) is 0 Å². The Morgan fingerprint density at radius 1 is 1.06 bits per heavy atom. The summed E-state index contributed by atoms with van der Waals surface area (Å²) in [6.45, 7) is 2.64. The molecular formula is C12H18BO3. The Bertz CT molecular complexity index is 314. The van der Waals surface area contributed by atoms with Crippen LogP contribution in [-0.2, 0) is 11.3 Å². The van der Waals surface area contributed by atoms with Crippen LogP contribution in [0, 0.1) is 0 Å². The van der Waals surface area contributed by atoms with Crippen LogP contribution < -0.4 is 14.9 Å². The van der Waals surface area contributed by atoms with Crippen LogP contribution in [0.5, 0.6) is 11.5 Å². The maximum Gasteiger partial charge on any atom is 0.161 e. The molecule has 1 rings (SSSR count). The molecule has 0 spiro atoms. The van der Waals surface area contributed by atoms with Crippen molar-refractivity contribution >= 4 is 12.7 Å². The van der Waals surface area contributed by atoms with Crippen LogP contribution in [0.15, 0.2) is 12.1 Å². The molecule has 0 saturated carbocycles. The monoisotopic (exact) mass is 221 g/mol. The van der Waals surface area contributed by atoms with Gasteiger partial charge in [-0.15, -0.1) is 0 Å². The van der Waals surface area contributed by atoms with Crippen molar-refractivity contribution in [1.29, 1.82) is 0 Å². The fourth-order valence-corrected chi connectivity index (χ4v) is 1.65. The fourth-order valence-electron chi connectivity index (χ4n) is 1.65. The lowest BCUT2D eigenvalue weighted by Gasteiger charge is -2.14. The Morgan fingerprint density at radius 2 is 1.62 bits per heavy atom. The van der Waals surface area contributed by atoms with E-state index in [1.165, 1.54) is 0 Å². The van der Waals surface area contributed by atoms with E-state index in [1.54, 1.807) is 21.3 Å². The van der Waals surface area contributed by atoms with Gasteiger partial charge in [0.2, 0.25) is 0 Å². The summed E-state index contributed by atoms with van der Waals surface area (Å²) in [5, 5.41) is 0. The highest BCUT2D eigenvalue weighted by molar-refractivity contribution is 6.55. The molecule has 1 aromatic carbocycles. The number of rotatable bonds is 6. The van der Waals surface area contributed by atoms with Crippen LogP contribution in [0.3, 0.4) is 0 Å². The summed E-state index contributed by atoms with van der Waals surface area (Å²) in [4.78, 5) is 0. The second kappa shape index (κ2) is 6.43. The molecule has 0 saturated heterocycles. The van der Waals surface area contributed by atoms with E-state index < -0.39 is 0 Å². The van der Waals surface area contributed by atoms with E-state index >= 15 is 0 Å². The Balaban J connectivity index is 3.14. The van der Waals surface area contributed by atoms with Crippen molar-refractivity contribution in [3.63, 3.8) is 0 Å². The molecule has 0 bridgehead atoms. The highest BCUT2D eigenvalue weighted by atomic mass is 16.5. The molecule has 0 amide bonds. The van der Waals surface area contributed by atoms with E-state index in [9.17, 15) is 0 Å². The first kappa shape index (κ1) is 12.9. The van der Waals surface area contributed by atoms with Gasteiger partial charge in [-0.25, -0.2) is 0 Å². The molecule has 0 unspecified atom stereocenters.